The molecular weight excluding hydrogens is 1170 g/mol. The quantitative estimate of drug-likeness (QED) is 0.161. The molecule has 0 saturated carbocycles. The van der Waals surface area contributed by atoms with E-state index in [1.54, 1.807) is 0 Å². The Morgan fingerprint density at radius 3 is 1.29 bits per heavy atom. The summed E-state index contributed by atoms with van der Waals surface area (Å²) in [6, 6.07) is 90.1. The number of rotatable bonds is 4. The van der Waals surface area contributed by atoms with Gasteiger partial charge >= 0.3 is 0 Å². The lowest BCUT2D eigenvalue weighted by atomic mass is 9.34. The van der Waals surface area contributed by atoms with Gasteiger partial charge in [-0.05, 0) is 181 Å². The zero-order chi connectivity index (χ0) is 66.9. The van der Waals surface area contributed by atoms with Gasteiger partial charge in [-0.3, -0.25) is 0 Å². The number of aromatic nitrogens is 2. The Morgan fingerprint density at radius 2 is 0.763 bits per heavy atom. The van der Waals surface area contributed by atoms with Crippen LogP contribution in [0, 0.1) is 0 Å². The highest BCUT2D eigenvalue weighted by Crippen LogP contribution is 2.63. The first-order valence-electron chi connectivity index (χ1n) is 35.2. The molecule has 97 heavy (non-hydrogen) atoms. The molecule has 0 fully saturated rings. The van der Waals surface area contributed by atoms with Gasteiger partial charge in [0.25, 0.3) is 6.71 Å². The standard InChI is InChI=1S/C93H83BN2O/c1-88(2,3)58-40-36-54(37-41-58)68-49-62(92(13,14)15)50-69(55-38-42-59(43-39-55)89(4,5)6)85(68)96-78-34-24-19-29-66(78)71-52-77-87-83(86(71)96)67-30-20-25-35-79(67)95(87)80-46-57(56-44-60(90(7,8)9)48-61(45-56)91(10,11)12)47-82-84(80)94(77)76-51-70-65-28-18-23-33-74(65)93(75(70)53-81(76)97-82)72-31-21-16-26-63(72)64-27-17-22-32-73(64)93/h16-53H,1-15H3. The monoisotopic (exact) mass is 1250 g/mol. The summed E-state index contributed by atoms with van der Waals surface area (Å²) in [5, 5.41) is 4.93. The van der Waals surface area contributed by atoms with Gasteiger partial charge in [0, 0.05) is 38.4 Å². The molecule has 474 valence electrons. The van der Waals surface area contributed by atoms with Crippen LogP contribution >= 0.6 is 0 Å². The fourth-order valence-electron chi connectivity index (χ4n) is 17.4. The van der Waals surface area contributed by atoms with E-state index in [1.807, 2.05) is 0 Å². The second kappa shape index (κ2) is 20.1. The maximum Gasteiger partial charge on any atom is 0.256 e. The molecule has 0 bridgehead atoms. The van der Waals surface area contributed by atoms with Crippen LogP contribution in [0.1, 0.15) is 154 Å². The minimum absolute atomic E-state index is 0.0119. The van der Waals surface area contributed by atoms with E-state index in [4.69, 9.17) is 4.74 Å². The molecule has 1 spiro atoms. The van der Waals surface area contributed by atoms with Gasteiger partial charge < -0.3 is 13.9 Å². The third-order valence-corrected chi connectivity index (χ3v) is 22.5. The van der Waals surface area contributed by atoms with Crippen LogP contribution in [-0.4, -0.2) is 15.8 Å². The lowest BCUT2D eigenvalue weighted by Crippen LogP contribution is -2.58. The molecule has 0 N–H and O–H groups in total. The van der Waals surface area contributed by atoms with Gasteiger partial charge in [-0.1, -0.05) is 292 Å². The molecule has 0 radical (unpaired) electrons. The molecule has 4 aliphatic rings. The van der Waals surface area contributed by atoms with Crippen LogP contribution < -0.4 is 21.1 Å². The lowest BCUT2D eigenvalue weighted by Gasteiger charge is -2.36. The number of nitrogens with zero attached hydrogens (tertiary/aromatic N) is 2. The van der Waals surface area contributed by atoms with Gasteiger partial charge in [-0.2, -0.15) is 0 Å². The molecule has 12 aromatic carbocycles. The molecule has 14 aromatic rings. The Labute approximate surface area is 572 Å². The summed E-state index contributed by atoms with van der Waals surface area (Å²) in [6.07, 6.45) is 0. The molecule has 3 nitrogen and oxygen atoms in total. The number of para-hydroxylation sites is 2. The molecule has 0 saturated heterocycles. The zero-order valence-corrected chi connectivity index (χ0v) is 58.8. The van der Waals surface area contributed by atoms with Gasteiger partial charge in [0.15, 0.2) is 0 Å². The van der Waals surface area contributed by atoms with E-state index < -0.39 is 5.41 Å². The molecule has 0 unspecified atom stereocenters. The molecule has 4 heterocycles. The Balaban J connectivity index is 0.998. The average molecular weight is 1260 g/mol. The van der Waals surface area contributed by atoms with E-state index in [0.717, 1.165) is 22.7 Å². The number of hydrogen-bond donors (Lipinski definition) is 0. The van der Waals surface area contributed by atoms with Gasteiger partial charge in [-0.25, -0.2) is 0 Å². The van der Waals surface area contributed by atoms with E-state index in [9.17, 15) is 0 Å². The van der Waals surface area contributed by atoms with Crippen molar-refractivity contribution in [3.63, 3.8) is 0 Å². The first-order valence-corrected chi connectivity index (χ1v) is 35.2. The Bertz CT molecular complexity index is 5570. The van der Waals surface area contributed by atoms with Crippen LogP contribution in [0.5, 0.6) is 11.5 Å². The highest BCUT2D eigenvalue weighted by Gasteiger charge is 2.53. The summed E-state index contributed by atoms with van der Waals surface area (Å²) in [5.41, 5.74) is 34.0. The van der Waals surface area contributed by atoms with Crippen molar-refractivity contribution in [3.05, 3.63) is 281 Å². The zero-order valence-electron chi connectivity index (χ0n) is 58.8. The minimum Gasteiger partial charge on any atom is -0.458 e. The highest BCUT2D eigenvalue weighted by atomic mass is 16.5. The highest BCUT2D eigenvalue weighted by molar-refractivity contribution is 6.99. The molecule has 0 atom stereocenters. The third-order valence-electron chi connectivity index (χ3n) is 22.5. The molecule has 2 aromatic heterocycles. The van der Waals surface area contributed by atoms with Gasteiger partial charge in [-0.15, -0.1) is 0 Å². The van der Waals surface area contributed by atoms with Crippen LogP contribution in [0.25, 0.3) is 111 Å². The van der Waals surface area contributed by atoms with Crippen molar-refractivity contribution in [2.24, 2.45) is 0 Å². The minimum atomic E-state index is -0.541. The predicted molar refractivity (Wildman–Crippen MR) is 412 cm³/mol. The number of hydrogen-bond acceptors (Lipinski definition) is 1. The van der Waals surface area contributed by atoms with Crippen molar-refractivity contribution in [1.29, 1.82) is 0 Å². The summed E-state index contributed by atoms with van der Waals surface area (Å²) >= 11 is 0. The van der Waals surface area contributed by atoms with Gasteiger partial charge in [0.2, 0.25) is 0 Å². The van der Waals surface area contributed by atoms with Crippen molar-refractivity contribution >= 4 is 66.7 Å². The van der Waals surface area contributed by atoms with E-state index in [1.165, 1.54) is 166 Å². The van der Waals surface area contributed by atoms with Crippen LogP contribution in [0.3, 0.4) is 0 Å². The Hall–Kier alpha value is -9.90. The first kappa shape index (κ1) is 59.6. The predicted octanol–water partition coefficient (Wildman–Crippen LogP) is 22.6. The average Bonchev–Trinajstić information content (AvgIpc) is 1.51. The van der Waals surface area contributed by atoms with Crippen molar-refractivity contribution < 1.29 is 4.74 Å². The smallest absolute Gasteiger partial charge is 0.256 e. The van der Waals surface area contributed by atoms with Crippen molar-refractivity contribution in [2.45, 2.75) is 136 Å². The largest absolute Gasteiger partial charge is 0.458 e. The van der Waals surface area contributed by atoms with Crippen molar-refractivity contribution in [2.75, 3.05) is 0 Å². The second-order valence-corrected chi connectivity index (χ2v) is 33.7. The third kappa shape index (κ3) is 8.54. The number of fused-ring (bicyclic) bond motifs is 21. The van der Waals surface area contributed by atoms with Gasteiger partial charge in [0.1, 0.15) is 11.5 Å². The van der Waals surface area contributed by atoms with Crippen molar-refractivity contribution in [3.8, 4) is 78.5 Å². The van der Waals surface area contributed by atoms with E-state index in [-0.39, 0.29) is 33.8 Å². The van der Waals surface area contributed by atoms with Gasteiger partial charge in [0.05, 0.1) is 33.2 Å². The summed E-state index contributed by atoms with van der Waals surface area (Å²) in [6.45, 7) is 34.9. The van der Waals surface area contributed by atoms with E-state index >= 15 is 0 Å². The Kier molecular flexibility index (Phi) is 12.4. The van der Waals surface area contributed by atoms with Crippen LogP contribution in [0.4, 0.5) is 0 Å². The maximum absolute atomic E-state index is 7.88. The fraction of sp³-hybridized carbons (Fsp3) is 0.226. The molecule has 0 amide bonds. The number of benzene rings is 12. The Morgan fingerprint density at radius 1 is 0.309 bits per heavy atom. The SMILES string of the molecule is CC(C)(C)c1ccc(-c2cc(C(C)(C)C)cc(-c3ccc(C(C)(C)C)cc3)c2-n2c3ccccc3c3cc4c5c(c6ccccc6n5-c5cc(-c6cc(C(C)(C)C)cc(C(C)(C)C)c6)cc6c5B4c4cc5c(cc4O6)C4(c6ccccc6-c6ccccc64)c4ccccc4-5)c32)cc1. The van der Waals surface area contributed by atoms with Crippen molar-refractivity contribution in [1.82, 2.24) is 9.13 Å². The molecule has 4 heteroatoms. The summed E-state index contributed by atoms with van der Waals surface area (Å²) in [4.78, 5) is 0. The number of ether oxygens (including phenoxy) is 1. The van der Waals surface area contributed by atoms with Crippen LogP contribution in [0.2, 0.25) is 0 Å². The molecule has 2 aliphatic heterocycles. The first-order chi connectivity index (χ1) is 46.3. The van der Waals surface area contributed by atoms with Crippen LogP contribution in [0.15, 0.2) is 231 Å². The summed E-state index contributed by atoms with van der Waals surface area (Å²) in [5.74, 6) is 1.82. The van der Waals surface area contributed by atoms with Crippen LogP contribution in [-0.2, 0) is 32.5 Å². The lowest BCUT2D eigenvalue weighted by molar-refractivity contribution is 0.486. The van der Waals surface area contributed by atoms with E-state index in [0.29, 0.717) is 0 Å². The van der Waals surface area contributed by atoms with E-state index in [2.05, 4.69) is 344 Å². The summed E-state index contributed by atoms with van der Waals surface area (Å²) in [7, 11) is 0. The molecular formula is C93H83BN2O. The topological polar surface area (TPSA) is 19.1 Å². The molecule has 2 aliphatic carbocycles. The fourth-order valence-corrected chi connectivity index (χ4v) is 17.4. The maximum atomic E-state index is 7.88. The normalized spacial score (nSPS) is 14.3. The molecule has 18 rings (SSSR count). The summed E-state index contributed by atoms with van der Waals surface area (Å²) < 4.78 is 13.2. The second-order valence-electron chi connectivity index (χ2n) is 33.7.